The summed E-state index contributed by atoms with van der Waals surface area (Å²) in [5.74, 6) is 1.22. The molecule has 3 rings (SSSR count). The Kier molecular flexibility index (Phi) is 5.23. The summed E-state index contributed by atoms with van der Waals surface area (Å²) in [4.78, 5) is 14.8. The molecule has 1 saturated heterocycles. The topological polar surface area (TPSA) is 42.7 Å². The Morgan fingerprint density at radius 3 is 2.87 bits per heavy atom. The van der Waals surface area contributed by atoms with E-state index < -0.39 is 0 Å². The minimum atomic E-state index is 0.00264. The van der Waals surface area contributed by atoms with E-state index in [4.69, 9.17) is 21.4 Å². The van der Waals surface area contributed by atoms with Gasteiger partial charge >= 0.3 is 0 Å². The van der Waals surface area contributed by atoms with Gasteiger partial charge in [0, 0.05) is 30.5 Å². The molecule has 0 atom stereocenters. The van der Waals surface area contributed by atoms with E-state index in [9.17, 15) is 4.79 Å². The van der Waals surface area contributed by atoms with Gasteiger partial charge in [0.05, 0.1) is 18.8 Å². The number of fused-ring (bicyclic) bond motifs is 1. The number of piperidine rings is 1. The molecule has 1 fully saturated rings. The molecule has 1 aromatic carbocycles. The number of methoxy groups -OCH3 is 1. The van der Waals surface area contributed by atoms with Crippen molar-refractivity contribution in [1.29, 1.82) is 0 Å². The quantitative estimate of drug-likeness (QED) is 0.785. The van der Waals surface area contributed by atoms with Crippen molar-refractivity contribution in [2.45, 2.75) is 25.0 Å². The lowest BCUT2D eigenvalue weighted by Crippen LogP contribution is -2.32. The van der Waals surface area contributed by atoms with Crippen molar-refractivity contribution in [3.8, 4) is 5.75 Å². The van der Waals surface area contributed by atoms with Gasteiger partial charge in [-0.2, -0.15) is 0 Å². The van der Waals surface area contributed by atoms with Crippen molar-refractivity contribution in [2.24, 2.45) is 0 Å². The molecule has 1 aliphatic rings. The monoisotopic (exact) mass is 349 g/mol. The molecule has 4 nitrogen and oxygen atoms in total. The molecule has 2 aromatic rings. The van der Waals surface area contributed by atoms with E-state index in [-0.39, 0.29) is 5.43 Å². The maximum atomic E-state index is 12.5. The largest absolute Gasteiger partial charge is 0.497 e. The molecular formula is C17H19NO3S2. The van der Waals surface area contributed by atoms with E-state index in [2.05, 4.69) is 4.90 Å². The fourth-order valence-electron chi connectivity index (χ4n) is 2.68. The van der Waals surface area contributed by atoms with E-state index in [0.29, 0.717) is 28.0 Å². The van der Waals surface area contributed by atoms with Crippen molar-refractivity contribution in [3.05, 3.63) is 40.2 Å². The SMILES string of the molecule is COc1ccc2c(=O)c(CSC(=S)N3CCCCC3)coc2c1. The summed E-state index contributed by atoms with van der Waals surface area (Å²) in [5.41, 5.74) is 1.19. The Morgan fingerprint density at radius 1 is 1.35 bits per heavy atom. The molecule has 0 amide bonds. The number of benzene rings is 1. The van der Waals surface area contributed by atoms with Gasteiger partial charge in [0.25, 0.3) is 0 Å². The predicted molar refractivity (Wildman–Crippen MR) is 98.4 cm³/mol. The van der Waals surface area contributed by atoms with E-state index in [0.717, 1.165) is 17.4 Å². The summed E-state index contributed by atoms with van der Waals surface area (Å²) in [6.45, 7) is 2.05. The maximum absolute atomic E-state index is 12.5. The Balaban J connectivity index is 1.74. The summed E-state index contributed by atoms with van der Waals surface area (Å²) >= 11 is 7.02. The minimum Gasteiger partial charge on any atom is -0.497 e. The van der Waals surface area contributed by atoms with Crippen LogP contribution in [-0.2, 0) is 5.75 Å². The lowest BCUT2D eigenvalue weighted by molar-refractivity contribution is 0.352. The van der Waals surface area contributed by atoms with Gasteiger partial charge in [0.2, 0.25) is 0 Å². The third-order valence-corrected chi connectivity index (χ3v) is 5.59. The molecule has 0 spiro atoms. The third kappa shape index (κ3) is 3.70. The first-order chi connectivity index (χ1) is 11.2. The summed E-state index contributed by atoms with van der Waals surface area (Å²) in [6, 6.07) is 5.25. The molecule has 0 unspecified atom stereocenters. The number of thiocarbonyl (C=S) groups is 1. The highest BCUT2D eigenvalue weighted by atomic mass is 32.2. The van der Waals surface area contributed by atoms with Crippen LogP contribution in [0.25, 0.3) is 11.0 Å². The van der Waals surface area contributed by atoms with Crippen molar-refractivity contribution in [2.75, 3.05) is 20.2 Å². The molecule has 0 aliphatic carbocycles. The molecule has 0 radical (unpaired) electrons. The summed E-state index contributed by atoms with van der Waals surface area (Å²) < 4.78 is 11.6. The highest BCUT2D eigenvalue weighted by Crippen LogP contribution is 2.22. The van der Waals surface area contributed by atoms with Crippen molar-refractivity contribution >= 4 is 39.3 Å². The van der Waals surface area contributed by atoms with Crippen LogP contribution in [0.15, 0.2) is 33.7 Å². The Morgan fingerprint density at radius 2 is 2.13 bits per heavy atom. The van der Waals surface area contributed by atoms with Crippen LogP contribution in [0.1, 0.15) is 24.8 Å². The van der Waals surface area contributed by atoms with Crippen LogP contribution in [0.3, 0.4) is 0 Å². The fraction of sp³-hybridized carbons (Fsp3) is 0.412. The van der Waals surface area contributed by atoms with Crippen LogP contribution in [0.4, 0.5) is 0 Å². The average molecular weight is 349 g/mol. The number of thioether (sulfide) groups is 1. The molecule has 2 heterocycles. The number of hydrogen-bond donors (Lipinski definition) is 0. The number of likely N-dealkylation sites (tertiary alicyclic amines) is 1. The van der Waals surface area contributed by atoms with E-state index in [1.807, 2.05) is 0 Å². The third-order valence-electron chi connectivity index (χ3n) is 4.02. The highest BCUT2D eigenvalue weighted by Gasteiger charge is 2.15. The van der Waals surface area contributed by atoms with Crippen molar-refractivity contribution < 1.29 is 9.15 Å². The zero-order valence-corrected chi connectivity index (χ0v) is 14.7. The molecule has 23 heavy (non-hydrogen) atoms. The van der Waals surface area contributed by atoms with Crippen LogP contribution < -0.4 is 10.2 Å². The fourth-order valence-corrected chi connectivity index (χ4v) is 3.89. The number of rotatable bonds is 3. The first kappa shape index (κ1) is 16.3. The average Bonchev–Trinajstić information content (AvgIpc) is 2.61. The second-order valence-corrected chi connectivity index (χ2v) is 7.16. The molecule has 1 aliphatic heterocycles. The summed E-state index contributed by atoms with van der Waals surface area (Å²) in [7, 11) is 1.59. The number of hydrogen-bond acceptors (Lipinski definition) is 5. The highest BCUT2D eigenvalue weighted by molar-refractivity contribution is 8.22. The first-order valence-electron chi connectivity index (χ1n) is 7.69. The minimum absolute atomic E-state index is 0.00264. The van der Waals surface area contributed by atoms with Gasteiger partial charge in [-0.3, -0.25) is 4.79 Å². The molecule has 1 aromatic heterocycles. The molecule has 0 bridgehead atoms. The molecule has 0 N–H and O–H groups in total. The van der Waals surface area contributed by atoms with Crippen LogP contribution >= 0.6 is 24.0 Å². The molecular weight excluding hydrogens is 330 g/mol. The Labute approximate surface area is 144 Å². The van der Waals surface area contributed by atoms with E-state index in [1.165, 1.54) is 37.3 Å². The smallest absolute Gasteiger partial charge is 0.196 e. The molecule has 6 heteroatoms. The first-order valence-corrected chi connectivity index (χ1v) is 9.08. The normalized spacial score (nSPS) is 14.9. The van der Waals surface area contributed by atoms with Crippen molar-refractivity contribution in [3.63, 3.8) is 0 Å². The second-order valence-electron chi connectivity index (χ2n) is 5.55. The lowest BCUT2D eigenvalue weighted by atomic mass is 10.1. The van der Waals surface area contributed by atoms with Crippen LogP contribution in [0.2, 0.25) is 0 Å². The number of nitrogens with zero attached hydrogens (tertiary/aromatic N) is 1. The molecule has 122 valence electrons. The van der Waals surface area contributed by atoms with E-state index >= 15 is 0 Å². The van der Waals surface area contributed by atoms with Gasteiger partial charge in [-0.25, -0.2) is 0 Å². The standard InChI is InChI=1S/C17H19NO3S2/c1-20-13-5-6-14-15(9-13)21-10-12(16(14)19)11-23-17(22)18-7-3-2-4-8-18/h5-6,9-10H,2-4,7-8,11H2,1H3. The van der Waals surface area contributed by atoms with Gasteiger partial charge in [0.1, 0.15) is 15.7 Å². The van der Waals surface area contributed by atoms with Crippen LogP contribution in [-0.4, -0.2) is 29.4 Å². The van der Waals surface area contributed by atoms with Crippen molar-refractivity contribution in [1.82, 2.24) is 4.90 Å². The zero-order valence-electron chi connectivity index (χ0n) is 13.0. The zero-order chi connectivity index (χ0) is 16.2. The summed E-state index contributed by atoms with van der Waals surface area (Å²) in [5, 5.41) is 0.577. The van der Waals surface area contributed by atoms with Gasteiger partial charge in [-0.15, -0.1) is 0 Å². The predicted octanol–water partition coefficient (Wildman–Crippen LogP) is 3.81. The second kappa shape index (κ2) is 7.36. The summed E-state index contributed by atoms with van der Waals surface area (Å²) in [6.07, 6.45) is 5.21. The van der Waals surface area contributed by atoms with Gasteiger partial charge in [-0.05, 0) is 31.4 Å². The molecule has 0 saturated carbocycles. The van der Waals surface area contributed by atoms with Crippen LogP contribution in [0, 0.1) is 0 Å². The number of ether oxygens (including phenoxy) is 1. The lowest BCUT2D eigenvalue weighted by Gasteiger charge is -2.28. The van der Waals surface area contributed by atoms with Gasteiger partial charge < -0.3 is 14.1 Å². The Bertz CT molecular complexity index is 766. The van der Waals surface area contributed by atoms with Gasteiger partial charge in [-0.1, -0.05) is 24.0 Å². The Hall–Kier alpha value is -1.53. The van der Waals surface area contributed by atoms with Gasteiger partial charge in [0.15, 0.2) is 5.43 Å². The van der Waals surface area contributed by atoms with Crippen LogP contribution in [0.5, 0.6) is 5.75 Å². The maximum Gasteiger partial charge on any atom is 0.196 e. The van der Waals surface area contributed by atoms with E-state index in [1.54, 1.807) is 25.3 Å².